The van der Waals surface area contributed by atoms with Crippen LogP contribution < -0.4 is 10.0 Å². The predicted molar refractivity (Wildman–Crippen MR) is 80.4 cm³/mol. The first-order valence-corrected chi connectivity index (χ1v) is 7.76. The lowest BCUT2D eigenvalue weighted by Crippen LogP contribution is -2.13. The number of aromatic nitrogens is 1. The summed E-state index contributed by atoms with van der Waals surface area (Å²) in [6.45, 7) is 2.54. The Labute approximate surface area is 123 Å². The molecule has 2 N–H and O–H groups in total. The van der Waals surface area contributed by atoms with E-state index in [1.54, 1.807) is 18.2 Å². The van der Waals surface area contributed by atoms with Crippen molar-refractivity contribution < 1.29 is 8.42 Å². The molecule has 0 fully saturated rings. The van der Waals surface area contributed by atoms with Gasteiger partial charge in [-0.2, -0.15) is 5.26 Å². The van der Waals surface area contributed by atoms with Gasteiger partial charge < -0.3 is 5.32 Å². The number of nitriles is 1. The molecule has 0 saturated heterocycles. The number of nitrogens with one attached hydrogen (secondary N) is 2. The fourth-order valence-corrected chi connectivity index (χ4v) is 2.78. The van der Waals surface area contributed by atoms with Crippen molar-refractivity contribution in [1.82, 2.24) is 4.98 Å². The molecule has 108 valence electrons. The van der Waals surface area contributed by atoms with Crippen LogP contribution in [0.4, 0.5) is 11.5 Å². The molecule has 0 aliphatic carbocycles. The molecule has 0 bridgehead atoms. The van der Waals surface area contributed by atoms with Crippen molar-refractivity contribution in [3.8, 4) is 6.07 Å². The van der Waals surface area contributed by atoms with E-state index in [1.807, 2.05) is 13.0 Å². The summed E-state index contributed by atoms with van der Waals surface area (Å²) in [5.74, 6) is 0.492. The van der Waals surface area contributed by atoms with Crippen molar-refractivity contribution in [2.75, 3.05) is 16.6 Å². The lowest BCUT2D eigenvalue weighted by Gasteiger charge is -2.09. The fraction of sp³-hybridized carbons (Fsp3) is 0.143. The van der Waals surface area contributed by atoms with Gasteiger partial charge in [0.05, 0.1) is 22.2 Å². The third-order valence-corrected chi connectivity index (χ3v) is 4.02. The van der Waals surface area contributed by atoms with E-state index in [1.165, 1.54) is 24.4 Å². The summed E-state index contributed by atoms with van der Waals surface area (Å²) < 4.78 is 27.1. The number of hydrogen-bond donors (Lipinski definition) is 2. The van der Waals surface area contributed by atoms with E-state index in [9.17, 15) is 8.42 Å². The molecule has 0 atom stereocenters. The molecule has 1 heterocycles. The minimum absolute atomic E-state index is 0.107. The highest BCUT2D eigenvalue weighted by atomic mass is 32.2. The molecule has 2 aromatic rings. The number of pyridine rings is 1. The molecular formula is C14H14N4O2S. The van der Waals surface area contributed by atoms with Gasteiger partial charge in [-0.15, -0.1) is 0 Å². The zero-order chi connectivity index (χ0) is 15.3. The lowest BCUT2D eigenvalue weighted by molar-refractivity contribution is 0.601. The van der Waals surface area contributed by atoms with Gasteiger partial charge in [0.15, 0.2) is 0 Å². The topological polar surface area (TPSA) is 94.9 Å². The molecule has 0 radical (unpaired) electrons. The number of nitrogens with zero attached hydrogens (tertiary/aromatic N) is 2. The smallest absolute Gasteiger partial charge is 0.262 e. The maximum Gasteiger partial charge on any atom is 0.262 e. The van der Waals surface area contributed by atoms with Gasteiger partial charge in [-0.3, -0.25) is 4.72 Å². The van der Waals surface area contributed by atoms with Gasteiger partial charge in [0.2, 0.25) is 0 Å². The summed E-state index contributed by atoms with van der Waals surface area (Å²) in [5, 5.41) is 11.8. The Morgan fingerprint density at radius 2 is 2.10 bits per heavy atom. The van der Waals surface area contributed by atoms with Crippen LogP contribution in [0.2, 0.25) is 0 Å². The van der Waals surface area contributed by atoms with Gasteiger partial charge in [0.1, 0.15) is 5.82 Å². The number of hydrogen-bond acceptors (Lipinski definition) is 5. The van der Waals surface area contributed by atoms with E-state index < -0.39 is 10.0 Å². The highest BCUT2D eigenvalue weighted by molar-refractivity contribution is 7.92. The van der Waals surface area contributed by atoms with Gasteiger partial charge in [-0.05, 0) is 31.2 Å². The molecule has 2 rings (SSSR count). The Balaban J connectivity index is 2.29. The Hall–Kier alpha value is -2.59. The van der Waals surface area contributed by atoms with Crippen molar-refractivity contribution in [2.24, 2.45) is 0 Å². The van der Waals surface area contributed by atoms with Crippen LogP contribution in [0.25, 0.3) is 0 Å². The fourth-order valence-electron chi connectivity index (χ4n) is 1.72. The number of anilines is 2. The molecule has 0 unspecified atom stereocenters. The minimum Gasteiger partial charge on any atom is -0.370 e. The standard InChI is InChI=1S/C14H14N4O2S/c1-2-16-14-9-13(6-7-17-14)21(19,20)18-12-5-3-4-11(8-12)10-15/h3-9,18H,2H2,1H3,(H,16,17). The predicted octanol–water partition coefficient (Wildman–Crippen LogP) is 2.19. The second-order valence-electron chi connectivity index (χ2n) is 4.21. The molecule has 0 spiro atoms. The number of sulfonamides is 1. The SMILES string of the molecule is CCNc1cc(S(=O)(=O)Nc2cccc(C#N)c2)ccn1. The van der Waals surface area contributed by atoms with Crippen molar-refractivity contribution in [2.45, 2.75) is 11.8 Å². The van der Waals surface area contributed by atoms with E-state index >= 15 is 0 Å². The van der Waals surface area contributed by atoms with E-state index in [0.717, 1.165) is 0 Å². The van der Waals surface area contributed by atoms with E-state index in [-0.39, 0.29) is 4.90 Å². The average Bonchev–Trinajstić information content (AvgIpc) is 2.48. The maximum absolute atomic E-state index is 12.3. The van der Waals surface area contributed by atoms with Crippen molar-refractivity contribution in [1.29, 1.82) is 5.26 Å². The van der Waals surface area contributed by atoms with E-state index in [4.69, 9.17) is 5.26 Å². The van der Waals surface area contributed by atoms with Crippen molar-refractivity contribution in [3.05, 3.63) is 48.2 Å². The Bertz CT molecular complexity index is 782. The van der Waals surface area contributed by atoms with Crippen molar-refractivity contribution in [3.63, 3.8) is 0 Å². The van der Waals surface area contributed by atoms with Gasteiger partial charge in [-0.25, -0.2) is 13.4 Å². The van der Waals surface area contributed by atoms with E-state index in [0.29, 0.717) is 23.6 Å². The van der Waals surface area contributed by atoms with E-state index in [2.05, 4.69) is 15.0 Å². The molecule has 21 heavy (non-hydrogen) atoms. The summed E-state index contributed by atoms with van der Waals surface area (Å²) in [5.41, 5.74) is 0.731. The molecule has 0 amide bonds. The number of benzene rings is 1. The highest BCUT2D eigenvalue weighted by Gasteiger charge is 2.15. The largest absolute Gasteiger partial charge is 0.370 e. The van der Waals surface area contributed by atoms with Gasteiger partial charge in [-0.1, -0.05) is 6.07 Å². The molecule has 1 aromatic carbocycles. The molecule has 0 aliphatic heterocycles. The second kappa shape index (κ2) is 6.24. The van der Waals surface area contributed by atoms with Gasteiger partial charge >= 0.3 is 0 Å². The van der Waals surface area contributed by atoms with Crippen molar-refractivity contribution >= 4 is 21.5 Å². The third kappa shape index (κ3) is 3.70. The van der Waals surface area contributed by atoms with Crippen LogP contribution in [0.3, 0.4) is 0 Å². The molecule has 6 nitrogen and oxygen atoms in total. The summed E-state index contributed by atoms with van der Waals surface area (Å²) in [7, 11) is -3.72. The molecule has 0 aliphatic rings. The summed E-state index contributed by atoms with van der Waals surface area (Å²) in [6.07, 6.45) is 1.43. The maximum atomic E-state index is 12.3. The Morgan fingerprint density at radius 1 is 1.29 bits per heavy atom. The van der Waals surface area contributed by atoms with Crippen LogP contribution in [0, 0.1) is 11.3 Å². The first-order valence-electron chi connectivity index (χ1n) is 6.28. The third-order valence-electron chi connectivity index (χ3n) is 2.64. The van der Waals surface area contributed by atoms with Crippen LogP contribution in [0.15, 0.2) is 47.5 Å². The van der Waals surface area contributed by atoms with Gasteiger partial charge in [0, 0.05) is 18.8 Å². The average molecular weight is 302 g/mol. The zero-order valence-corrected chi connectivity index (χ0v) is 12.2. The van der Waals surface area contributed by atoms with Crippen LogP contribution in [0.5, 0.6) is 0 Å². The zero-order valence-electron chi connectivity index (χ0n) is 11.4. The lowest BCUT2D eigenvalue weighted by atomic mass is 10.2. The summed E-state index contributed by atoms with van der Waals surface area (Å²) in [4.78, 5) is 4.14. The van der Waals surface area contributed by atoms with Crippen LogP contribution in [-0.4, -0.2) is 19.9 Å². The monoisotopic (exact) mass is 302 g/mol. The molecular weight excluding hydrogens is 288 g/mol. The van der Waals surface area contributed by atoms with Crippen LogP contribution in [-0.2, 0) is 10.0 Å². The minimum atomic E-state index is -3.72. The number of rotatable bonds is 5. The molecule has 0 saturated carbocycles. The first kappa shape index (κ1) is 14.8. The summed E-state index contributed by atoms with van der Waals surface area (Å²) in [6, 6.07) is 11.1. The van der Waals surface area contributed by atoms with Gasteiger partial charge in [0.25, 0.3) is 10.0 Å². The highest BCUT2D eigenvalue weighted by Crippen LogP contribution is 2.18. The quantitative estimate of drug-likeness (QED) is 0.882. The second-order valence-corrected chi connectivity index (χ2v) is 5.89. The Kier molecular flexibility index (Phi) is 4.40. The van der Waals surface area contributed by atoms with Crippen LogP contribution in [0.1, 0.15) is 12.5 Å². The Morgan fingerprint density at radius 3 is 2.81 bits per heavy atom. The molecule has 7 heteroatoms. The van der Waals surface area contributed by atoms with Crippen LogP contribution >= 0.6 is 0 Å². The normalized spacial score (nSPS) is 10.7. The summed E-state index contributed by atoms with van der Waals surface area (Å²) >= 11 is 0. The molecule has 1 aromatic heterocycles. The first-order chi connectivity index (χ1) is 10.0.